The summed E-state index contributed by atoms with van der Waals surface area (Å²) in [5.74, 6) is 0.0117. The minimum Gasteiger partial charge on any atom is -0.330 e. The molecule has 0 bridgehead atoms. The molecule has 7 heteroatoms. The van der Waals surface area contributed by atoms with E-state index in [9.17, 15) is 9.18 Å². The second-order valence-corrected chi connectivity index (χ2v) is 6.79. The van der Waals surface area contributed by atoms with Gasteiger partial charge >= 0.3 is 0 Å². The molecule has 1 amide bonds. The van der Waals surface area contributed by atoms with Gasteiger partial charge in [-0.2, -0.15) is 0 Å². The van der Waals surface area contributed by atoms with Gasteiger partial charge in [-0.25, -0.2) is 4.39 Å². The summed E-state index contributed by atoms with van der Waals surface area (Å²) in [6, 6.07) is 14.4. The van der Waals surface area contributed by atoms with Gasteiger partial charge in [-0.05, 0) is 36.2 Å². The second kappa shape index (κ2) is 9.33. The van der Waals surface area contributed by atoms with Gasteiger partial charge in [0.15, 0.2) is 0 Å². The van der Waals surface area contributed by atoms with Crippen molar-refractivity contribution < 1.29 is 9.18 Å². The summed E-state index contributed by atoms with van der Waals surface area (Å²) < 4.78 is 13.2. The predicted molar refractivity (Wildman–Crippen MR) is 105 cm³/mol. The molecule has 1 aliphatic rings. The fourth-order valence-electron chi connectivity index (χ4n) is 3.38. The lowest BCUT2D eigenvalue weighted by Crippen LogP contribution is -2.32. The van der Waals surface area contributed by atoms with Crippen LogP contribution in [0.4, 0.5) is 10.1 Å². The fraction of sp³-hybridized carbons (Fsp3) is 0.316. The maximum absolute atomic E-state index is 13.2. The van der Waals surface area contributed by atoms with Gasteiger partial charge < -0.3 is 11.1 Å². The Morgan fingerprint density at radius 3 is 2.62 bits per heavy atom. The van der Waals surface area contributed by atoms with Crippen LogP contribution < -0.4 is 11.1 Å². The van der Waals surface area contributed by atoms with Gasteiger partial charge in [0, 0.05) is 24.7 Å². The third-order valence-electron chi connectivity index (χ3n) is 4.62. The first-order valence-corrected chi connectivity index (χ1v) is 8.67. The monoisotopic (exact) mass is 397 g/mol. The number of hydrogen-bond donors (Lipinski definition) is 2. The number of benzene rings is 2. The Hall–Kier alpha value is -1.66. The van der Waals surface area contributed by atoms with Crippen LogP contribution in [0, 0.1) is 11.7 Å². The molecular formula is C19H22Cl2FN3O. The van der Waals surface area contributed by atoms with Crippen LogP contribution in [0.2, 0.25) is 5.02 Å². The topological polar surface area (TPSA) is 58.4 Å². The van der Waals surface area contributed by atoms with Crippen LogP contribution in [-0.4, -0.2) is 37.0 Å². The van der Waals surface area contributed by atoms with Crippen LogP contribution in [0.25, 0.3) is 0 Å². The van der Waals surface area contributed by atoms with Crippen LogP contribution >= 0.6 is 24.0 Å². The van der Waals surface area contributed by atoms with E-state index >= 15 is 0 Å². The normalized spacial score (nSPS) is 19.8. The molecule has 3 rings (SSSR count). The molecule has 4 nitrogen and oxygen atoms in total. The zero-order chi connectivity index (χ0) is 17.8. The standard InChI is InChI=1S/C19H21ClFN3O.ClH/c20-17-8-15(6-7-18(17)21)23-19(25)12-24-10-14(9-22)16(11-24)13-4-2-1-3-5-13;/h1-8,14,16H,9-12,22H2,(H,23,25);1H/t14-,16+;/m1./s1. The lowest BCUT2D eigenvalue weighted by Gasteiger charge is -2.16. The Morgan fingerprint density at radius 1 is 1.23 bits per heavy atom. The maximum Gasteiger partial charge on any atom is 0.238 e. The minimum atomic E-state index is -0.504. The molecule has 3 N–H and O–H groups in total. The van der Waals surface area contributed by atoms with E-state index in [0.29, 0.717) is 24.1 Å². The van der Waals surface area contributed by atoms with E-state index in [2.05, 4.69) is 22.3 Å². The van der Waals surface area contributed by atoms with Crippen molar-refractivity contribution in [3.05, 3.63) is 64.9 Å². The molecule has 1 heterocycles. The summed E-state index contributed by atoms with van der Waals surface area (Å²) in [4.78, 5) is 14.4. The van der Waals surface area contributed by atoms with E-state index in [1.54, 1.807) is 0 Å². The average molecular weight is 398 g/mol. The van der Waals surface area contributed by atoms with Crippen molar-refractivity contribution in [1.29, 1.82) is 0 Å². The third kappa shape index (κ3) is 4.95. The van der Waals surface area contributed by atoms with E-state index in [0.717, 1.165) is 13.1 Å². The summed E-state index contributed by atoms with van der Waals surface area (Å²) in [6.07, 6.45) is 0. The van der Waals surface area contributed by atoms with E-state index in [1.807, 2.05) is 18.2 Å². The second-order valence-electron chi connectivity index (χ2n) is 6.38. The maximum atomic E-state index is 13.2. The highest BCUT2D eigenvalue weighted by atomic mass is 35.5. The van der Waals surface area contributed by atoms with E-state index in [4.69, 9.17) is 17.3 Å². The summed E-state index contributed by atoms with van der Waals surface area (Å²) in [5.41, 5.74) is 7.68. The van der Waals surface area contributed by atoms with Gasteiger partial charge in [-0.15, -0.1) is 12.4 Å². The van der Waals surface area contributed by atoms with Crippen molar-refractivity contribution in [2.75, 3.05) is 31.5 Å². The Morgan fingerprint density at radius 2 is 1.96 bits per heavy atom. The van der Waals surface area contributed by atoms with Gasteiger partial charge in [0.25, 0.3) is 0 Å². The molecule has 26 heavy (non-hydrogen) atoms. The molecule has 0 aromatic heterocycles. The van der Waals surface area contributed by atoms with Crippen molar-refractivity contribution >= 4 is 35.6 Å². The van der Waals surface area contributed by atoms with Gasteiger partial charge in [-0.1, -0.05) is 41.9 Å². The minimum absolute atomic E-state index is 0. The number of carbonyl (C=O) groups excluding carboxylic acids is 1. The first-order chi connectivity index (χ1) is 12.1. The van der Waals surface area contributed by atoms with Crippen LogP contribution in [0.15, 0.2) is 48.5 Å². The molecule has 2 aromatic carbocycles. The highest BCUT2D eigenvalue weighted by molar-refractivity contribution is 6.31. The largest absolute Gasteiger partial charge is 0.330 e. The number of carbonyl (C=O) groups is 1. The first kappa shape index (κ1) is 20.6. The summed E-state index contributed by atoms with van der Waals surface area (Å²) in [7, 11) is 0. The molecule has 1 fully saturated rings. The number of rotatable bonds is 5. The molecule has 0 spiro atoms. The van der Waals surface area contributed by atoms with Crippen molar-refractivity contribution in [3.63, 3.8) is 0 Å². The highest BCUT2D eigenvalue weighted by Gasteiger charge is 2.33. The Kier molecular flexibility index (Phi) is 7.41. The summed E-state index contributed by atoms with van der Waals surface area (Å²) in [5, 5.41) is 2.75. The van der Waals surface area contributed by atoms with Gasteiger partial charge in [0.1, 0.15) is 5.82 Å². The van der Waals surface area contributed by atoms with Crippen LogP contribution in [0.5, 0.6) is 0 Å². The van der Waals surface area contributed by atoms with Crippen molar-refractivity contribution in [1.82, 2.24) is 4.90 Å². The van der Waals surface area contributed by atoms with Gasteiger partial charge in [0.2, 0.25) is 5.91 Å². The predicted octanol–water partition coefficient (Wildman–Crippen LogP) is 3.51. The fourth-order valence-corrected chi connectivity index (χ4v) is 3.56. The van der Waals surface area contributed by atoms with Crippen molar-refractivity contribution in [2.45, 2.75) is 5.92 Å². The SMILES string of the molecule is Cl.NC[C@@H]1CN(CC(=O)Nc2ccc(F)c(Cl)c2)C[C@H]1c1ccccc1. The molecule has 0 saturated carbocycles. The zero-order valence-corrected chi connectivity index (χ0v) is 15.8. The number of nitrogens with zero attached hydrogens (tertiary/aromatic N) is 1. The van der Waals surface area contributed by atoms with Crippen LogP contribution in [0.3, 0.4) is 0 Å². The lowest BCUT2D eigenvalue weighted by atomic mass is 9.89. The number of likely N-dealkylation sites (tertiary alicyclic amines) is 1. The highest BCUT2D eigenvalue weighted by Crippen LogP contribution is 2.31. The van der Waals surface area contributed by atoms with Crippen LogP contribution in [0.1, 0.15) is 11.5 Å². The molecular weight excluding hydrogens is 376 g/mol. The number of nitrogens with one attached hydrogen (secondary N) is 1. The molecule has 0 unspecified atom stereocenters. The Labute approximate surface area is 163 Å². The molecule has 2 aromatic rings. The molecule has 0 aliphatic carbocycles. The number of nitrogens with two attached hydrogens (primary N) is 1. The van der Waals surface area contributed by atoms with Gasteiger partial charge in [-0.3, -0.25) is 9.69 Å². The summed E-state index contributed by atoms with van der Waals surface area (Å²) in [6.45, 7) is 2.44. The molecule has 1 aliphatic heterocycles. The summed E-state index contributed by atoms with van der Waals surface area (Å²) >= 11 is 5.74. The number of halogens is 3. The van der Waals surface area contributed by atoms with Crippen molar-refractivity contribution in [2.24, 2.45) is 11.7 Å². The molecule has 0 radical (unpaired) electrons. The smallest absolute Gasteiger partial charge is 0.238 e. The third-order valence-corrected chi connectivity index (χ3v) is 4.91. The van der Waals surface area contributed by atoms with E-state index in [-0.39, 0.29) is 29.9 Å². The average Bonchev–Trinajstić information content (AvgIpc) is 3.01. The molecule has 2 atom stereocenters. The number of hydrogen-bond acceptors (Lipinski definition) is 3. The van der Waals surface area contributed by atoms with Crippen LogP contribution in [-0.2, 0) is 4.79 Å². The molecule has 1 saturated heterocycles. The zero-order valence-electron chi connectivity index (χ0n) is 14.2. The van der Waals surface area contributed by atoms with Crippen molar-refractivity contribution in [3.8, 4) is 0 Å². The Balaban J connectivity index is 0.00000243. The Bertz CT molecular complexity index is 745. The number of anilines is 1. The van der Waals surface area contributed by atoms with E-state index < -0.39 is 5.82 Å². The quantitative estimate of drug-likeness (QED) is 0.811. The number of amides is 1. The van der Waals surface area contributed by atoms with Gasteiger partial charge in [0.05, 0.1) is 11.6 Å². The lowest BCUT2D eigenvalue weighted by molar-refractivity contribution is -0.117. The molecule has 140 valence electrons. The first-order valence-electron chi connectivity index (χ1n) is 8.29. The van der Waals surface area contributed by atoms with E-state index in [1.165, 1.54) is 23.8 Å².